The molecule has 1 fully saturated rings. The molecule has 0 aliphatic carbocycles. The molecule has 1 saturated heterocycles. The summed E-state index contributed by atoms with van der Waals surface area (Å²) >= 11 is 0. The Bertz CT molecular complexity index is 843. The first-order valence-corrected chi connectivity index (χ1v) is 7.99. The van der Waals surface area contributed by atoms with Crippen LogP contribution >= 0.6 is 0 Å². The molecule has 0 radical (unpaired) electrons. The van der Waals surface area contributed by atoms with Crippen LogP contribution in [0.2, 0.25) is 0 Å². The number of aromatic amines is 1. The molecule has 3 rings (SSSR count). The molecule has 0 unspecified atom stereocenters. The van der Waals surface area contributed by atoms with Crippen molar-refractivity contribution in [3.63, 3.8) is 0 Å². The number of rotatable bonds is 2. The van der Waals surface area contributed by atoms with E-state index in [0.29, 0.717) is 24.2 Å². The third-order valence-corrected chi connectivity index (χ3v) is 4.56. The second-order valence-electron chi connectivity index (χ2n) is 6.14. The van der Waals surface area contributed by atoms with Crippen LogP contribution in [0, 0.1) is 0 Å². The zero-order valence-corrected chi connectivity index (χ0v) is 13.9. The van der Waals surface area contributed by atoms with Crippen LogP contribution in [0.1, 0.15) is 41.7 Å². The Morgan fingerprint density at radius 3 is 2.73 bits per heavy atom. The van der Waals surface area contributed by atoms with Gasteiger partial charge >= 0.3 is 12.3 Å². The van der Waals surface area contributed by atoms with Gasteiger partial charge in [0.2, 0.25) is 0 Å². The highest BCUT2D eigenvalue weighted by atomic mass is 19.4. The Morgan fingerprint density at radius 1 is 1.35 bits per heavy atom. The minimum Gasteiger partial charge on any atom is -0.453 e. The van der Waals surface area contributed by atoms with Crippen LogP contribution in [0.5, 0.6) is 0 Å². The molecule has 1 aromatic carbocycles. The molecule has 1 amide bonds. The zero-order chi connectivity index (χ0) is 18.9. The van der Waals surface area contributed by atoms with Gasteiger partial charge in [0.15, 0.2) is 0 Å². The first-order chi connectivity index (χ1) is 12.3. The number of hydrogen-bond acceptors (Lipinski definition) is 4. The average Bonchev–Trinajstić information content (AvgIpc) is 3.06. The standard InChI is InChI=1S/C17H17F3N2O4/c1-25-16(24)22-6-5-11(14-9-15(23)21-26-14)8-13(22)10-3-2-4-12(7-10)17(18,19)20/h2-4,7,9,11,13H,5-6,8H2,1H3,(H,21,23)/t11-,13-/m0/s1. The molecule has 2 heterocycles. The third-order valence-electron chi connectivity index (χ3n) is 4.56. The van der Waals surface area contributed by atoms with E-state index in [1.807, 2.05) is 0 Å². The van der Waals surface area contributed by atoms with Crippen molar-refractivity contribution >= 4 is 6.09 Å². The van der Waals surface area contributed by atoms with Gasteiger partial charge in [0, 0.05) is 18.5 Å². The van der Waals surface area contributed by atoms with Gasteiger partial charge in [0.25, 0.3) is 5.56 Å². The van der Waals surface area contributed by atoms with Gasteiger partial charge < -0.3 is 14.2 Å². The van der Waals surface area contributed by atoms with Crippen LogP contribution < -0.4 is 5.56 Å². The Morgan fingerprint density at radius 2 is 2.12 bits per heavy atom. The Kier molecular flexibility index (Phi) is 4.80. The lowest BCUT2D eigenvalue weighted by Crippen LogP contribution is -2.40. The lowest BCUT2D eigenvalue weighted by atomic mass is 9.85. The zero-order valence-electron chi connectivity index (χ0n) is 13.9. The van der Waals surface area contributed by atoms with E-state index < -0.39 is 23.9 Å². The number of ether oxygens (including phenoxy) is 1. The first-order valence-electron chi connectivity index (χ1n) is 7.99. The quantitative estimate of drug-likeness (QED) is 0.875. The minimum atomic E-state index is -4.48. The topological polar surface area (TPSA) is 75.5 Å². The SMILES string of the molecule is COC(=O)N1CC[C@H](c2cc(=O)[nH]o2)C[C@H]1c1cccc(C(F)(F)F)c1. The van der Waals surface area contributed by atoms with Crippen molar-refractivity contribution < 1.29 is 27.2 Å². The predicted octanol–water partition coefficient (Wildman–Crippen LogP) is 3.67. The summed E-state index contributed by atoms with van der Waals surface area (Å²) in [6.45, 7) is 0.271. The number of carbonyl (C=O) groups is 1. The number of benzene rings is 1. The van der Waals surface area contributed by atoms with Gasteiger partial charge in [-0.1, -0.05) is 12.1 Å². The molecule has 2 atom stereocenters. The molecular weight excluding hydrogens is 353 g/mol. The van der Waals surface area contributed by atoms with Crippen molar-refractivity contribution in [2.45, 2.75) is 31.0 Å². The van der Waals surface area contributed by atoms with Crippen molar-refractivity contribution in [2.24, 2.45) is 0 Å². The van der Waals surface area contributed by atoms with E-state index in [4.69, 9.17) is 9.26 Å². The number of aromatic nitrogens is 1. The number of methoxy groups -OCH3 is 1. The molecule has 1 aromatic heterocycles. The number of H-pyrrole nitrogens is 1. The highest BCUT2D eigenvalue weighted by molar-refractivity contribution is 5.68. The fourth-order valence-electron chi connectivity index (χ4n) is 3.30. The summed E-state index contributed by atoms with van der Waals surface area (Å²) in [6, 6.07) is 5.58. The number of hydrogen-bond donors (Lipinski definition) is 1. The van der Waals surface area contributed by atoms with Crippen molar-refractivity contribution in [2.75, 3.05) is 13.7 Å². The van der Waals surface area contributed by atoms with Crippen LogP contribution in [0.4, 0.5) is 18.0 Å². The molecule has 0 bridgehead atoms. The van der Waals surface area contributed by atoms with E-state index in [1.165, 1.54) is 24.1 Å². The second kappa shape index (κ2) is 6.89. The number of halogens is 3. The third kappa shape index (κ3) is 3.61. The fourth-order valence-corrected chi connectivity index (χ4v) is 3.30. The normalized spacial score (nSPS) is 20.8. The van der Waals surface area contributed by atoms with Gasteiger partial charge in [-0.05, 0) is 30.5 Å². The Labute approximate surface area is 146 Å². The fraction of sp³-hybridized carbons (Fsp3) is 0.412. The Hall–Kier alpha value is -2.71. The van der Waals surface area contributed by atoms with Gasteiger partial charge in [-0.15, -0.1) is 0 Å². The molecule has 9 heteroatoms. The molecular formula is C17H17F3N2O4. The predicted molar refractivity (Wildman–Crippen MR) is 84.6 cm³/mol. The number of piperidine rings is 1. The van der Waals surface area contributed by atoms with Crippen LogP contribution in [0.3, 0.4) is 0 Å². The van der Waals surface area contributed by atoms with Crippen molar-refractivity contribution in [1.29, 1.82) is 0 Å². The monoisotopic (exact) mass is 370 g/mol. The summed E-state index contributed by atoms with van der Waals surface area (Å²) in [5, 5.41) is 2.21. The molecule has 140 valence electrons. The summed E-state index contributed by atoms with van der Waals surface area (Å²) in [5.74, 6) is 0.228. The lowest BCUT2D eigenvalue weighted by Gasteiger charge is -2.38. The summed E-state index contributed by atoms with van der Waals surface area (Å²) in [6.07, 6.45) is -4.27. The number of nitrogens with zero attached hydrogens (tertiary/aromatic N) is 1. The largest absolute Gasteiger partial charge is 0.453 e. The summed E-state index contributed by atoms with van der Waals surface area (Å²) < 4.78 is 49.0. The van der Waals surface area contributed by atoms with Crippen molar-refractivity contribution in [1.82, 2.24) is 10.1 Å². The maximum Gasteiger partial charge on any atom is 0.416 e. The molecule has 1 N–H and O–H groups in total. The van der Waals surface area contributed by atoms with Gasteiger partial charge in [-0.3, -0.25) is 4.79 Å². The van der Waals surface area contributed by atoms with E-state index in [9.17, 15) is 22.8 Å². The summed E-state index contributed by atoms with van der Waals surface area (Å²) in [7, 11) is 1.23. The molecule has 0 spiro atoms. The smallest absolute Gasteiger partial charge is 0.416 e. The van der Waals surface area contributed by atoms with E-state index in [-0.39, 0.29) is 18.0 Å². The van der Waals surface area contributed by atoms with Gasteiger partial charge in [0.05, 0.1) is 18.7 Å². The van der Waals surface area contributed by atoms with Gasteiger partial charge in [-0.2, -0.15) is 18.3 Å². The van der Waals surface area contributed by atoms with Crippen molar-refractivity contribution in [3.8, 4) is 0 Å². The lowest BCUT2D eigenvalue weighted by molar-refractivity contribution is -0.137. The van der Waals surface area contributed by atoms with Crippen molar-refractivity contribution in [3.05, 3.63) is 57.6 Å². The number of likely N-dealkylation sites (tertiary alicyclic amines) is 1. The summed E-state index contributed by atoms with van der Waals surface area (Å²) in [5.41, 5.74) is -0.811. The molecule has 26 heavy (non-hydrogen) atoms. The van der Waals surface area contributed by atoms with E-state index in [2.05, 4.69) is 5.16 Å². The van der Waals surface area contributed by atoms with E-state index >= 15 is 0 Å². The molecule has 2 aromatic rings. The van der Waals surface area contributed by atoms with E-state index in [1.54, 1.807) is 6.07 Å². The highest BCUT2D eigenvalue weighted by Crippen LogP contribution is 2.40. The van der Waals surface area contributed by atoms with Gasteiger partial charge in [-0.25, -0.2) is 4.79 Å². The van der Waals surface area contributed by atoms with E-state index in [0.717, 1.165) is 12.1 Å². The molecule has 1 aliphatic heterocycles. The maximum absolute atomic E-state index is 13.0. The summed E-state index contributed by atoms with van der Waals surface area (Å²) in [4.78, 5) is 24.8. The first kappa shape index (κ1) is 18.1. The Balaban J connectivity index is 1.95. The number of nitrogens with one attached hydrogen (secondary N) is 1. The number of carbonyl (C=O) groups excluding carboxylic acids is 1. The number of alkyl halides is 3. The molecule has 0 saturated carbocycles. The molecule has 6 nitrogen and oxygen atoms in total. The average molecular weight is 370 g/mol. The van der Waals surface area contributed by atoms with Crippen LogP contribution in [-0.4, -0.2) is 29.8 Å². The van der Waals surface area contributed by atoms with Gasteiger partial charge in [0.1, 0.15) is 5.76 Å². The van der Waals surface area contributed by atoms with Crippen LogP contribution in [0.15, 0.2) is 39.6 Å². The second-order valence-corrected chi connectivity index (χ2v) is 6.14. The minimum absolute atomic E-state index is 0.200. The maximum atomic E-state index is 13.0. The highest BCUT2D eigenvalue weighted by Gasteiger charge is 2.37. The number of amides is 1. The van der Waals surface area contributed by atoms with Crippen LogP contribution in [0.25, 0.3) is 0 Å². The molecule has 1 aliphatic rings. The van der Waals surface area contributed by atoms with Crippen LogP contribution in [-0.2, 0) is 10.9 Å².